The van der Waals surface area contributed by atoms with Crippen LogP contribution in [0.15, 0.2) is 66.7 Å². The van der Waals surface area contributed by atoms with E-state index in [0.29, 0.717) is 11.3 Å². The highest BCUT2D eigenvalue weighted by molar-refractivity contribution is 5.98. The van der Waals surface area contributed by atoms with Crippen LogP contribution in [0, 0.1) is 11.3 Å². The SMILES string of the molecule is C[C@H](OC(=O)c1ccc(C#N)cc1)C(=O)Nc1ccc2ccccc2c1. The summed E-state index contributed by atoms with van der Waals surface area (Å²) >= 11 is 0. The first-order valence-electron chi connectivity index (χ1n) is 8.07. The fourth-order valence-corrected chi connectivity index (χ4v) is 2.47. The third-order valence-electron chi connectivity index (χ3n) is 3.92. The lowest BCUT2D eigenvalue weighted by molar-refractivity contribution is -0.123. The zero-order valence-corrected chi connectivity index (χ0v) is 14.1. The van der Waals surface area contributed by atoms with E-state index in [-0.39, 0.29) is 5.56 Å². The molecular weight excluding hydrogens is 328 g/mol. The molecule has 0 fully saturated rings. The van der Waals surface area contributed by atoms with E-state index < -0.39 is 18.0 Å². The molecule has 1 amide bonds. The normalized spacial score (nSPS) is 11.4. The van der Waals surface area contributed by atoms with Gasteiger partial charge in [0.05, 0.1) is 17.2 Å². The molecule has 0 saturated heterocycles. The van der Waals surface area contributed by atoms with Crippen LogP contribution in [0.5, 0.6) is 0 Å². The Morgan fingerprint density at radius 1 is 1.00 bits per heavy atom. The number of ether oxygens (including phenoxy) is 1. The van der Waals surface area contributed by atoms with E-state index in [0.717, 1.165) is 10.8 Å². The molecule has 0 aliphatic rings. The van der Waals surface area contributed by atoms with Crippen molar-refractivity contribution in [2.75, 3.05) is 5.32 Å². The van der Waals surface area contributed by atoms with Crippen molar-refractivity contribution in [2.45, 2.75) is 13.0 Å². The summed E-state index contributed by atoms with van der Waals surface area (Å²) < 4.78 is 5.20. The molecule has 128 valence electrons. The van der Waals surface area contributed by atoms with Gasteiger partial charge in [-0.2, -0.15) is 5.26 Å². The number of nitrogens with zero attached hydrogens (tertiary/aromatic N) is 1. The van der Waals surface area contributed by atoms with Crippen LogP contribution in [0.4, 0.5) is 5.69 Å². The van der Waals surface area contributed by atoms with Gasteiger partial charge in [0.15, 0.2) is 6.10 Å². The van der Waals surface area contributed by atoms with Gasteiger partial charge in [0.1, 0.15) is 0 Å². The Morgan fingerprint density at radius 2 is 1.69 bits per heavy atom. The Kier molecular flexibility index (Phi) is 4.95. The molecule has 0 aromatic heterocycles. The number of esters is 1. The molecule has 1 N–H and O–H groups in total. The third kappa shape index (κ3) is 3.87. The molecule has 3 rings (SSSR count). The number of hydrogen-bond donors (Lipinski definition) is 1. The van der Waals surface area contributed by atoms with Crippen LogP contribution >= 0.6 is 0 Å². The first-order chi connectivity index (χ1) is 12.6. The van der Waals surface area contributed by atoms with Crippen LogP contribution < -0.4 is 5.32 Å². The average molecular weight is 344 g/mol. The maximum atomic E-state index is 12.3. The Balaban J connectivity index is 1.64. The minimum Gasteiger partial charge on any atom is -0.449 e. The molecule has 0 heterocycles. The first-order valence-corrected chi connectivity index (χ1v) is 8.07. The molecule has 5 nitrogen and oxygen atoms in total. The largest absolute Gasteiger partial charge is 0.449 e. The summed E-state index contributed by atoms with van der Waals surface area (Å²) in [6.07, 6.45) is -0.954. The summed E-state index contributed by atoms with van der Waals surface area (Å²) in [5, 5.41) is 13.6. The minimum absolute atomic E-state index is 0.286. The highest BCUT2D eigenvalue weighted by atomic mass is 16.5. The van der Waals surface area contributed by atoms with E-state index >= 15 is 0 Å². The van der Waals surface area contributed by atoms with Gasteiger partial charge in [-0.05, 0) is 54.1 Å². The van der Waals surface area contributed by atoms with Gasteiger partial charge in [-0.3, -0.25) is 4.79 Å². The molecule has 0 unspecified atom stereocenters. The van der Waals surface area contributed by atoms with Gasteiger partial charge < -0.3 is 10.1 Å². The molecule has 0 aliphatic carbocycles. The average Bonchev–Trinajstić information content (AvgIpc) is 2.67. The van der Waals surface area contributed by atoms with E-state index in [2.05, 4.69) is 5.32 Å². The van der Waals surface area contributed by atoms with Crippen molar-refractivity contribution in [1.82, 2.24) is 0 Å². The number of carbonyl (C=O) groups is 2. The van der Waals surface area contributed by atoms with E-state index in [1.807, 2.05) is 42.5 Å². The van der Waals surface area contributed by atoms with Crippen molar-refractivity contribution in [3.05, 3.63) is 77.9 Å². The summed E-state index contributed by atoms with van der Waals surface area (Å²) in [5.74, 6) is -1.03. The second-order valence-corrected chi connectivity index (χ2v) is 5.79. The molecule has 1 atom stereocenters. The van der Waals surface area contributed by atoms with Crippen molar-refractivity contribution in [3.63, 3.8) is 0 Å². The quantitative estimate of drug-likeness (QED) is 0.728. The van der Waals surface area contributed by atoms with Gasteiger partial charge >= 0.3 is 5.97 Å². The Morgan fingerprint density at radius 3 is 2.38 bits per heavy atom. The van der Waals surface area contributed by atoms with E-state index in [4.69, 9.17) is 10.00 Å². The second kappa shape index (κ2) is 7.49. The van der Waals surface area contributed by atoms with Crippen LogP contribution in [0.25, 0.3) is 10.8 Å². The van der Waals surface area contributed by atoms with Crippen molar-refractivity contribution in [3.8, 4) is 6.07 Å². The van der Waals surface area contributed by atoms with Crippen LogP contribution in [0.3, 0.4) is 0 Å². The fraction of sp³-hybridized carbons (Fsp3) is 0.0952. The van der Waals surface area contributed by atoms with E-state index in [1.54, 1.807) is 6.07 Å². The van der Waals surface area contributed by atoms with Gasteiger partial charge in [0, 0.05) is 5.69 Å². The third-order valence-corrected chi connectivity index (χ3v) is 3.92. The predicted molar refractivity (Wildman–Crippen MR) is 98.6 cm³/mol. The molecule has 3 aromatic rings. The van der Waals surface area contributed by atoms with Crippen molar-refractivity contribution >= 4 is 28.3 Å². The lowest BCUT2D eigenvalue weighted by Gasteiger charge is -2.14. The maximum absolute atomic E-state index is 12.3. The molecular formula is C21H16N2O3. The Bertz CT molecular complexity index is 1000. The maximum Gasteiger partial charge on any atom is 0.338 e. The van der Waals surface area contributed by atoms with Crippen molar-refractivity contribution < 1.29 is 14.3 Å². The Hall–Kier alpha value is -3.65. The predicted octanol–water partition coefficient (Wildman–Crippen LogP) is 3.90. The molecule has 0 saturated carbocycles. The van der Waals surface area contributed by atoms with E-state index in [1.165, 1.54) is 31.2 Å². The molecule has 0 aliphatic heterocycles. The number of nitriles is 1. The van der Waals surface area contributed by atoms with Crippen molar-refractivity contribution in [2.24, 2.45) is 0 Å². The van der Waals surface area contributed by atoms with Crippen LogP contribution in [0.2, 0.25) is 0 Å². The summed E-state index contributed by atoms with van der Waals surface area (Å²) in [4.78, 5) is 24.4. The summed E-state index contributed by atoms with van der Waals surface area (Å²) in [6.45, 7) is 1.51. The number of fused-ring (bicyclic) bond motifs is 1. The molecule has 3 aromatic carbocycles. The Labute approximate surface area is 150 Å². The lowest BCUT2D eigenvalue weighted by atomic mass is 10.1. The topological polar surface area (TPSA) is 79.2 Å². The summed E-state index contributed by atoms with van der Waals surface area (Å²) in [7, 11) is 0. The number of rotatable bonds is 4. The van der Waals surface area contributed by atoms with Gasteiger partial charge in [0.2, 0.25) is 0 Å². The first kappa shape index (κ1) is 17.2. The smallest absolute Gasteiger partial charge is 0.338 e. The second-order valence-electron chi connectivity index (χ2n) is 5.79. The minimum atomic E-state index is -0.954. The van der Waals surface area contributed by atoms with Gasteiger partial charge in [0.25, 0.3) is 5.91 Å². The highest BCUT2D eigenvalue weighted by Crippen LogP contribution is 2.19. The number of amides is 1. The number of anilines is 1. The fourth-order valence-electron chi connectivity index (χ4n) is 2.47. The molecule has 5 heteroatoms. The zero-order chi connectivity index (χ0) is 18.5. The summed E-state index contributed by atoms with van der Waals surface area (Å²) in [5.41, 5.74) is 1.37. The number of nitrogens with one attached hydrogen (secondary N) is 1. The standard InChI is InChI=1S/C21H16N2O3/c1-14(26-21(25)17-8-6-15(13-22)7-9-17)20(24)23-19-11-10-16-4-2-3-5-18(16)12-19/h2-12,14H,1H3,(H,23,24)/t14-/m0/s1. The summed E-state index contributed by atoms with van der Waals surface area (Å²) in [6, 6.07) is 21.4. The molecule has 0 spiro atoms. The van der Waals surface area contributed by atoms with E-state index in [9.17, 15) is 9.59 Å². The van der Waals surface area contributed by atoms with Crippen molar-refractivity contribution in [1.29, 1.82) is 5.26 Å². The van der Waals surface area contributed by atoms with Crippen LogP contribution in [-0.4, -0.2) is 18.0 Å². The van der Waals surface area contributed by atoms with Crippen LogP contribution in [0.1, 0.15) is 22.8 Å². The zero-order valence-electron chi connectivity index (χ0n) is 14.1. The lowest BCUT2D eigenvalue weighted by Crippen LogP contribution is -2.30. The number of carbonyl (C=O) groups excluding carboxylic acids is 2. The molecule has 0 bridgehead atoms. The molecule has 0 radical (unpaired) electrons. The van der Waals surface area contributed by atoms with Gasteiger partial charge in [-0.15, -0.1) is 0 Å². The number of hydrogen-bond acceptors (Lipinski definition) is 4. The van der Waals surface area contributed by atoms with Crippen LogP contribution in [-0.2, 0) is 9.53 Å². The highest BCUT2D eigenvalue weighted by Gasteiger charge is 2.19. The molecule has 26 heavy (non-hydrogen) atoms. The van der Waals surface area contributed by atoms with Gasteiger partial charge in [-0.1, -0.05) is 30.3 Å². The number of benzene rings is 3. The monoisotopic (exact) mass is 344 g/mol. The van der Waals surface area contributed by atoms with Gasteiger partial charge in [-0.25, -0.2) is 4.79 Å².